The lowest BCUT2D eigenvalue weighted by Crippen LogP contribution is -1.84. The molecule has 2 aromatic rings. The third-order valence-corrected chi connectivity index (χ3v) is 2.23. The summed E-state index contributed by atoms with van der Waals surface area (Å²) in [7, 11) is 0. The lowest BCUT2D eigenvalue weighted by atomic mass is 10.2. The Morgan fingerprint density at radius 1 is 1.38 bits per heavy atom. The van der Waals surface area contributed by atoms with Crippen molar-refractivity contribution in [2.75, 3.05) is 0 Å². The maximum atomic E-state index is 13.4. The molecule has 2 rings (SSSR count). The zero-order chi connectivity index (χ0) is 9.26. The number of benzene rings is 1. The summed E-state index contributed by atoms with van der Waals surface area (Å²) in [5, 5.41) is 0. The molecular weight excluding hydrogens is 237 g/mol. The molecule has 13 heavy (non-hydrogen) atoms. The summed E-state index contributed by atoms with van der Waals surface area (Å²) in [4.78, 5) is 3.86. The van der Waals surface area contributed by atoms with Crippen molar-refractivity contribution in [3.05, 3.63) is 40.9 Å². The molecule has 66 valence electrons. The number of halogens is 2. The first-order valence-electron chi connectivity index (χ1n) is 3.63. The van der Waals surface area contributed by atoms with E-state index in [2.05, 4.69) is 20.9 Å². The van der Waals surface area contributed by atoms with E-state index < -0.39 is 0 Å². The summed E-state index contributed by atoms with van der Waals surface area (Å²) < 4.78 is 18.8. The first kappa shape index (κ1) is 8.44. The second-order valence-electron chi connectivity index (χ2n) is 2.44. The van der Waals surface area contributed by atoms with E-state index >= 15 is 0 Å². The molecule has 0 saturated carbocycles. The molecule has 0 aliphatic rings. The fraction of sp³-hybridized carbons (Fsp3) is 0. The molecule has 1 heterocycles. The average Bonchev–Trinajstić information content (AvgIpc) is 2.62. The van der Waals surface area contributed by atoms with Crippen molar-refractivity contribution in [2.24, 2.45) is 0 Å². The van der Waals surface area contributed by atoms with Gasteiger partial charge in [0.15, 0.2) is 0 Å². The van der Waals surface area contributed by atoms with Crippen LogP contribution in [0.1, 0.15) is 0 Å². The number of rotatable bonds is 1. The molecular formula is C9H5BrFNO. The van der Waals surface area contributed by atoms with Crippen LogP contribution in [-0.2, 0) is 0 Å². The quantitative estimate of drug-likeness (QED) is 0.767. The van der Waals surface area contributed by atoms with Crippen LogP contribution < -0.4 is 0 Å². The lowest BCUT2D eigenvalue weighted by molar-refractivity contribution is 0.560. The smallest absolute Gasteiger partial charge is 0.228 e. The van der Waals surface area contributed by atoms with Gasteiger partial charge in [-0.1, -0.05) is 6.07 Å². The van der Waals surface area contributed by atoms with E-state index in [-0.39, 0.29) is 5.82 Å². The van der Waals surface area contributed by atoms with Gasteiger partial charge in [-0.25, -0.2) is 9.37 Å². The first-order chi connectivity index (χ1) is 6.29. The van der Waals surface area contributed by atoms with Gasteiger partial charge >= 0.3 is 0 Å². The van der Waals surface area contributed by atoms with Gasteiger partial charge < -0.3 is 4.42 Å². The van der Waals surface area contributed by atoms with Crippen LogP contribution in [0.4, 0.5) is 4.39 Å². The summed E-state index contributed by atoms with van der Waals surface area (Å²) >= 11 is 3.09. The van der Waals surface area contributed by atoms with Crippen molar-refractivity contribution in [1.82, 2.24) is 4.98 Å². The van der Waals surface area contributed by atoms with Crippen molar-refractivity contribution in [1.29, 1.82) is 0 Å². The number of hydrogen-bond acceptors (Lipinski definition) is 2. The van der Waals surface area contributed by atoms with E-state index in [4.69, 9.17) is 4.42 Å². The van der Waals surface area contributed by atoms with Crippen molar-refractivity contribution < 1.29 is 8.81 Å². The van der Waals surface area contributed by atoms with Crippen LogP contribution in [0.3, 0.4) is 0 Å². The monoisotopic (exact) mass is 241 g/mol. The fourth-order valence-corrected chi connectivity index (χ4v) is 1.39. The van der Waals surface area contributed by atoms with Crippen molar-refractivity contribution >= 4 is 15.9 Å². The molecule has 0 aliphatic carbocycles. The van der Waals surface area contributed by atoms with Gasteiger partial charge in [0, 0.05) is 0 Å². The lowest BCUT2D eigenvalue weighted by Gasteiger charge is -1.98. The second kappa shape index (κ2) is 3.30. The summed E-state index contributed by atoms with van der Waals surface area (Å²) in [5.74, 6) is -0.0660. The van der Waals surface area contributed by atoms with Crippen molar-refractivity contribution in [2.45, 2.75) is 0 Å². The van der Waals surface area contributed by atoms with E-state index in [0.29, 0.717) is 15.9 Å². The molecule has 0 atom stereocenters. The molecule has 2 nitrogen and oxygen atoms in total. The number of oxazole rings is 1. The SMILES string of the molecule is Fc1c(Br)cccc1-c1ncco1. The third kappa shape index (κ3) is 1.49. The van der Waals surface area contributed by atoms with Crippen LogP contribution in [0.5, 0.6) is 0 Å². The van der Waals surface area contributed by atoms with E-state index in [1.807, 2.05) is 0 Å². The van der Waals surface area contributed by atoms with Crippen molar-refractivity contribution in [3.63, 3.8) is 0 Å². The fourth-order valence-electron chi connectivity index (χ4n) is 1.03. The Kier molecular flexibility index (Phi) is 2.14. The molecule has 1 aromatic heterocycles. The Morgan fingerprint density at radius 3 is 2.92 bits per heavy atom. The van der Waals surface area contributed by atoms with E-state index in [0.717, 1.165) is 0 Å². The van der Waals surface area contributed by atoms with Gasteiger partial charge in [-0.3, -0.25) is 0 Å². The molecule has 0 amide bonds. The molecule has 4 heteroatoms. The van der Waals surface area contributed by atoms with Crippen molar-refractivity contribution in [3.8, 4) is 11.5 Å². The normalized spacial score (nSPS) is 10.3. The summed E-state index contributed by atoms with van der Waals surface area (Å²) in [6, 6.07) is 4.97. The average molecular weight is 242 g/mol. The Bertz CT molecular complexity index is 414. The molecule has 0 N–H and O–H groups in total. The highest BCUT2D eigenvalue weighted by atomic mass is 79.9. The molecule has 1 aromatic carbocycles. The standard InChI is InChI=1S/C9H5BrFNO/c10-7-3-1-2-6(8(7)11)9-12-4-5-13-9/h1-5H. The van der Waals surface area contributed by atoms with Crippen LogP contribution in [0.2, 0.25) is 0 Å². The Balaban J connectivity index is 2.59. The van der Waals surface area contributed by atoms with Crippen LogP contribution in [-0.4, -0.2) is 4.98 Å². The topological polar surface area (TPSA) is 26.0 Å². The van der Waals surface area contributed by atoms with Gasteiger partial charge in [0.05, 0.1) is 16.2 Å². The predicted molar refractivity (Wildman–Crippen MR) is 49.6 cm³/mol. The first-order valence-corrected chi connectivity index (χ1v) is 4.42. The zero-order valence-electron chi connectivity index (χ0n) is 6.50. The highest BCUT2D eigenvalue weighted by Crippen LogP contribution is 2.26. The van der Waals surface area contributed by atoms with Gasteiger partial charge in [0.25, 0.3) is 0 Å². The molecule has 0 radical (unpaired) electrons. The van der Waals surface area contributed by atoms with E-state index in [9.17, 15) is 4.39 Å². The Labute approximate surface area is 82.5 Å². The summed E-state index contributed by atoms with van der Waals surface area (Å²) in [6.07, 6.45) is 2.89. The summed E-state index contributed by atoms with van der Waals surface area (Å²) in [5.41, 5.74) is 0.361. The van der Waals surface area contributed by atoms with Crippen LogP contribution >= 0.6 is 15.9 Å². The van der Waals surface area contributed by atoms with E-state index in [1.165, 1.54) is 12.5 Å². The molecule has 0 saturated heterocycles. The summed E-state index contributed by atoms with van der Waals surface area (Å²) in [6.45, 7) is 0. The number of aromatic nitrogens is 1. The minimum atomic E-state index is -0.357. The van der Waals surface area contributed by atoms with Gasteiger partial charge in [0.1, 0.15) is 12.1 Å². The van der Waals surface area contributed by atoms with Crippen LogP contribution in [0.25, 0.3) is 11.5 Å². The van der Waals surface area contributed by atoms with Gasteiger partial charge in [-0.15, -0.1) is 0 Å². The maximum Gasteiger partial charge on any atom is 0.228 e. The number of nitrogens with zero attached hydrogens (tertiary/aromatic N) is 1. The highest BCUT2D eigenvalue weighted by Gasteiger charge is 2.10. The van der Waals surface area contributed by atoms with Gasteiger partial charge in [-0.2, -0.15) is 0 Å². The molecule has 0 spiro atoms. The largest absolute Gasteiger partial charge is 0.444 e. The molecule has 0 aliphatic heterocycles. The van der Waals surface area contributed by atoms with Gasteiger partial charge in [-0.05, 0) is 28.1 Å². The predicted octanol–water partition coefficient (Wildman–Crippen LogP) is 3.24. The van der Waals surface area contributed by atoms with E-state index in [1.54, 1.807) is 18.2 Å². The minimum Gasteiger partial charge on any atom is -0.444 e. The molecule has 0 unspecified atom stereocenters. The zero-order valence-corrected chi connectivity index (χ0v) is 8.08. The van der Waals surface area contributed by atoms with Crippen LogP contribution in [0.15, 0.2) is 39.5 Å². The van der Waals surface area contributed by atoms with Gasteiger partial charge in [0.2, 0.25) is 5.89 Å². The second-order valence-corrected chi connectivity index (χ2v) is 3.29. The minimum absolute atomic E-state index is 0.291. The maximum absolute atomic E-state index is 13.4. The third-order valence-electron chi connectivity index (χ3n) is 1.61. The number of hydrogen-bond donors (Lipinski definition) is 0. The molecule has 0 fully saturated rings. The van der Waals surface area contributed by atoms with Crippen LogP contribution in [0, 0.1) is 5.82 Å². The highest BCUT2D eigenvalue weighted by molar-refractivity contribution is 9.10. The molecule has 0 bridgehead atoms. The Morgan fingerprint density at radius 2 is 2.23 bits per heavy atom. The Hall–Kier alpha value is -1.16.